The van der Waals surface area contributed by atoms with Crippen molar-refractivity contribution in [3.05, 3.63) is 78.5 Å². The maximum atomic E-state index is 13.0. The summed E-state index contributed by atoms with van der Waals surface area (Å²) >= 11 is 0. The minimum atomic E-state index is -0.416. The Morgan fingerprint density at radius 3 is 1.88 bits per heavy atom. The fourth-order valence-electron chi connectivity index (χ4n) is 3.75. The maximum Gasteiger partial charge on any atom is 0.308 e. The van der Waals surface area contributed by atoms with Gasteiger partial charge in [0.2, 0.25) is 0 Å². The molecule has 7 heteroatoms. The van der Waals surface area contributed by atoms with E-state index >= 15 is 0 Å². The van der Waals surface area contributed by atoms with Crippen LogP contribution in [-0.4, -0.2) is 29.4 Å². The number of hydrogen-bond donors (Lipinski definition) is 0. The summed E-state index contributed by atoms with van der Waals surface area (Å²) in [4.78, 5) is 35.3. The van der Waals surface area contributed by atoms with Crippen molar-refractivity contribution in [2.75, 3.05) is 7.11 Å². The molecule has 0 radical (unpaired) electrons. The van der Waals surface area contributed by atoms with E-state index in [1.54, 1.807) is 43.5 Å². The first-order valence-corrected chi connectivity index (χ1v) is 10.6. The van der Waals surface area contributed by atoms with Crippen molar-refractivity contribution in [3.63, 3.8) is 0 Å². The van der Waals surface area contributed by atoms with E-state index in [0.29, 0.717) is 22.8 Å². The Balaban J connectivity index is 1.67. The smallest absolute Gasteiger partial charge is 0.308 e. The Morgan fingerprint density at radius 2 is 1.32 bits per heavy atom. The number of Topliss-reactive ketones (excluding diaryl/α,β-unsaturated/α-hetero) is 1. The highest BCUT2D eigenvalue weighted by atomic mass is 16.5. The summed E-state index contributed by atoms with van der Waals surface area (Å²) < 4.78 is 17.4. The summed E-state index contributed by atoms with van der Waals surface area (Å²) in [5.41, 5.74) is 3.21. The van der Waals surface area contributed by atoms with Crippen LogP contribution >= 0.6 is 0 Å². The average Bonchev–Trinajstić information content (AvgIpc) is 3.16. The number of ketones is 1. The lowest BCUT2D eigenvalue weighted by Crippen LogP contribution is -2.10. The molecule has 0 spiro atoms. The summed E-state index contributed by atoms with van der Waals surface area (Å²) in [6.07, 6.45) is 1.93. The highest BCUT2D eigenvalue weighted by Gasteiger charge is 2.15. The molecule has 4 aromatic rings. The SMILES string of the molecule is COc1ccc2c(-c3ccc(OC(C)=O)cc3)cn(CC(=O)c3ccc(OC(C)=O)cc3)c2c1. The fraction of sp³-hybridized carbons (Fsp3) is 0.148. The molecule has 0 bridgehead atoms. The lowest BCUT2D eigenvalue weighted by atomic mass is 10.0. The largest absolute Gasteiger partial charge is 0.497 e. The predicted octanol–water partition coefficient (Wildman–Crippen LogP) is 5.05. The quantitative estimate of drug-likeness (QED) is 0.219. The molecule has 0 fully saturated rings. The van der Waals surface area contributed by atoms with Gasteiger partial charge >= 0.3 is 11.9 Å². The standard InChI is InChI=1S/C27H23NO6/c1-17(29)33-21-8-4-19(5-9-21)25-15-28(26-14-23(32-3)12-13-24(25)26)16-27(31)20-6-10-22(11-7-20)34-18(2)30/h4-15H,16H2,1-3H3. The van der Waals surface area contributed by atoms with Crippen LogP contribution in [0.3, 0.4) is 0 Å². The van der Waals surface area contributed by atoms with Crippen molar-refractivity contribution in [3.8, 4) is 28.4 Å². The molecule has 0 aliphatic carbocycles. The molecule has 0 unspecified atom stereocenters. The van der Waals surface area contributed by atoms with Crippen LogP contribution < -0.4 is 14.2 Å². The predicted molar refractivity (Wildman–Crippen MR) is 127 cm³/mol. The molecule has 0 N–H and O–H groups in total. The van der Waals surface area contributed by atoms with Gasteiger partial charge in [0.25, 0.3) is 0 Å². The third kappa shape index (κ3) is 4.99. The second kappa shape index (κ2) is 9.62. The van der Waals surface area contributed by atoms with E-state index in [0.717, 1.165) is 22.0 Å². The number of rotatable bonds is 7. The molecule has 0 saturated heterocycles. The second-order valence-electron chi connectivity index (χ2n) is 7.71. The van der Waals surface area contributed by atoms with Gasteiger partial charge in [-0.3, -0.25) is 14.4 Å². The lowest BCUT2D eigenvalue weighted by molar-refractivity contribution is -0.132. The number of carbonyl (C=O) groups is 3. The van der Waals surface area contributed by atoms with Crippen molar-refractivity contribution in [1.29, 1.82) is 0 Å². The van der Waals surface area contributed by atoms with E-state index in [1.807, 2.05) is 41.1 Å². The van der Waals surface area contributed by atoms with Gasteiger partial charge < -0.3 is 18.8 Å². The number of fused-ring (bicyclic) bond motifs is 1. The summed E-state index contributed by atoms with van der Waals surface area (Å²) in [6.45, 7) is 2.80. The third-order valence-corrected chi connectivity index (χ3v) is 5.27. The third-order valence-electron chi connectivity index (χ3n) is 5.27. The van der Waals surface area contributed by atoms with Crippen LogP contribution in [0.4, 0.5) is 0 Å². The zero-order chi connectivity index (χ0) is 24.2. The van der Waals surface area contributed by atoms with E-state index in [-0.39, 0.29) is 18.3 Å². The molecule has 0 aliphatic rings. The van der Waals surface area contributed by atoms with Gasteiger partial charge in [-0.1, -0.05) is 12.1 Å². The lowest BCUT2D eigenvalue weighted by Gasteiger charge is -2.07. The van der Waals surface area contributed by atoms with E-state index in [4.69, 9.17) is 14.2 Å². The molecule has 3 aromatic carbocycles. The molecule has 0 aliphatic heterocycles. The first kappa shape index (κ1) is 22.8. The van der Waals surface area contributed by atoms with Crippen molar-refractivity contribution >= 4 is 28.6 Å². The zero-order valence-corrected chi connectivity index (χ0v) is 19.0. The minimum Gasteiger partial charge on any atom is -0.497 e. The molecule has 0 amide bonds. The summed E-state index contributed by atoms with van der Waals surface area (Å²) in [5.74, 6) is 0.650. The maximum absolute atomic E-state index is 13.0. The van der Waals surface area contributed by atoms with E-state index in [1.165, 1.54) is 13.8 Å². The van der Waals surface area contributed by atoms with E-state index < -0.39 is 5.97 Å². The van der Waals surface area contributed by atoms with Crippen LogP contribution in [0.15, 0.2) is 72.9 Å². The number of aromatic nitrogens is 1. The Hall–Kier alpha value is -4.39. The number of carbonyl (C=O) groups excluding carboxylic acids is 3. The Morgan fingerprint density at radius 1 is 0.765 bits per heavy atom. The van der Waals surface area contributed by atoms with Crippen LogP contribution in [0, 0.1) is 0 Å². The van der Waals surface area contributed by atoms with Crippen molar-refractivity contribution < 1.29 is 28.6 Å². The molecule has 4 rings (SSSR count). The second-order valence-corrected chi connectivity index (χ2v) is 7.71. The van der Waals surface area contributed by atoms with Crippen molar-refractivity contribution in [1.82, 2.24) is 4.57 Å². The zero-order valence-electron chi connectivity index (χ0n) is 19.0. The molecule has 7 nitrogen and oxygen atoms in total. The van der Waals surface area contributed by atoms with Gasteiger partial charge in [0.15, 0.2) is 5.78 Å². The first-order chi connectivity index (χ1) is 16.3. The summed E-state index contributed by atoms with van der Waals surface area (Å²) in [6, 6.07) is 19.4. The molecule has 34 heavy (non-hydrogen) atoms. The number of nitrogens with zero attached hydrogens (tertiary/aromatic N) is 1. The fourth-order valence-corrected chi connectivity index (χ4v) is 3.75. The molecule has 1 aromatic heterocycles. The number of hydrogen-bond acceptors (Lipinski definition) is 6. The van der Waals surface area contributed by atoms with Crippen LogP contribution in [0.25, 0.3) is 22.0 Å². The summed E-state index contributed by atoms with van der Waals surface area (Å²) in [7, 11) is 1.60. The highest BCUT2D eigenvalue weighted by Crippen LogP contribution is 2.34. The van der Waals surface area contributed by atoms with Crippen LogP contribution in [0.1, 0.15) is 24.2 Å². The number of benzene rings is 3. The molecular formula is C27H23NO6. The van der Waals surface area contributed by atoms with Gasteiger partial charge in [-0.05, 0) is 54.1 Å². The van der Waals surface area contributed by atoms with Crippen molar-refractivity contribution in [2.24, 2.45) is 0 Å². The van der Waals surface area contributed by atoms with Crippen molar-refractivity contribution in [2.45, 2.75) is 20.4 Å². The van der Waals surface area contributed by atoms with Gasteiger partial charge in [0.05, 0.1) is 19.2 Å². The van der Waals surface area contributed by atoms with Gasteiger partial charge in [-0.25, -0.2) is 0 Å². The van der Waals surface area contributed by atoms with Gasteiger partial charge in [0.1, 0.15) is 17.2 Å². The van der Waals surface area contributed by atoms with Crippen LogP contribution in [-0.2, 0) is 16.1 Å². The Kier molecular flexibility index (Phi) is 6.45. The van der Waals surface area contributed by atoms with Crippen LogP contribution in [0.2, 0.25) is 0 Å². The molecule has 172 valence electrons. The van der Waals surface area contributed by atoms with Gasteiger partial charge in [-0.15, -0.1) is 0 Å². The minimum absolute atomic E-state index is 0.0918. The first-order valence-electron chi connectivity index (χ1n) is 10.6. The average molecular weight is 457 g/mol. The number of ether oxygens (including phenoxy) is 3. The molecule has 1 heterocycles. The molecular weight excluding hydrogens is 434 g/mol. The van der Waals surface area contributed by atoms with E-state index in [9.17, 15) is 14.4 Å². The topological polar surface area (TPSA) is 83.8 Å². The van der Waals surface area contributed by atoms with E-state index in [2.05, 4.69) is 0 Å². The molecule has 0 atom stereocenters. The Bertz CT molecular complexity index is 1370. The van der Waals surface area contributed by atoms with Gasteiger partial charge in [0, 0.05) is 42.6 Å². The number of esters is 2. The normalized spacial score (nSPS) is 10.7. The Labute approximate surface area is 196 Å². The van der Waals surface area contributed by atoms with Crippen LogP contribution in [0.5, 0.6) is 17.2 Å². The molecule has 0 saturated carbocycles. The van der Waals surface area contributed by atoms with Gasteiger partial charge in [-0.2, -0.15) is 0 Å². The highest BCUT2D eigenvalue weighted by molar-refractivity contribution is 6.00. The number of methoxy groups -OCH3 is 1. The summed E-state index contributed by atoms with van der Waals surface area (Å²) in [5, 5.41) is 0.957. The monoisotopic (exact) mass is 457 g/mol.